The molecule has 3 nitrogen and oxygen atoms in total. The molecule has 1 atom stereocenters. The van der Waals surface area contributed by atoms with Crippen molar-refractivity contribution in [1.82, 2.24) is 9.97 Å². The van der Waals surface area contributed by atoms with E-state index in [1.54, 1.807) is 19.1 Å². The van der Waals surface area contributed by atoms with E-state index >= 15 is 0 Å². The molecule has 2 N–H and O–H groups in total. The van der Waals surface area contributed by atoms with Crippen molar-refractivity contribution in [3.8, 4) is 11.3 Å². The van der Waals surface area contributed by atoms with Crippen molar-refractivity contribution in [2.24, 2.45) is 5.73 Å². The van der Waals surface area contributed by atoms with E-state index in [4.69, 9.17) is 5.73 Å². The molecular formula is C15H18FN3. The van der Waals surface area contributed by atoms with E-state index in [0.717, 1.165) is 22.8 Å². The summed E-state index contributed by atoms with van der Waals surface area (Å²) >= 11 is 0. The molecule has 2 rings (SSSR count). The number of aromatic nitrogens is 2. The lowest BCUT2D eigenvalue weighted by Gasteiger charge is -2.11. The average Bonchev–Trinajstić information content (AvgIpc) is 2.40. The van der Waals surface area contributed by atoms with Gasteiger partial charge in [0.15, 0.2) is 0 Å². The van der Waals surface area contributed by atoms with Gasteiger partial charge in [-0.25, -0.2) is 14.4 Å². The summed E-state index contributed by atoms with van der Waals surface area (Å²) in [5.74, 6) is 0.643. The molecule has 0 aliphatic heterocycles. The molecule has 0 bridgehead atoms. The Labute approximate surface area is 112 Å². The molecule has 0 saturated carbocycles. The molecule has 0 saturated heterocycles. The third-order valence-electron chi connectivity index (χ3n) is 3.12. The Kier molecular flexibility index (Phi) is 3.90. The predicted molar refractivity (Wildman–Crippen MR) is 74.4 cm³/mol. The fraction of sp³-hybridized carbons (Fsp3) is 0.333. The number of benzene rings is 1. The molecule has 0 amide bonds. The summed E-state index contributed by atoms with van der Waals surface area (Å²) in [4.78, 5) is 8.94. The maximum Gasteiger partial charge on any atom is 0.133 e. The van der Waals surface area contributed by atoms with Crippen molar-refractivity contribution in [3.05, 3.63) is 47.2 Å². The van der Waals surface area contributed by atoms with Crippen LogP contribution in [-0.4, -0.2) is 16.5 Å². The van der Waals surface area contributed by atoms with Gasteiger partial charge >= 0.3 is 0 Å². The van der Waals surface area contributed by atoms with Crippen LogP contribution in [0, 0.1) is 19.7 Å². The zero-order valence-corrected chi connectivity index (χ0v) is 11.4. The van der Waals surface area contributed by atoms with E-state index in [-0.39, 0.29) is 11.7 Å². The van der Waals surface area contributed by atoms with Crippen LogP contribution in [0.2, 0.25) is 0 Å². The Bertz CT molecular complexity index is 596. The molecule has 19 heavy (non-hydrogen) atoms. The first kappa shape index (κ1) is 13.6. The highest BCUT2D eigenvalue weighted by molar-refractivity contribution is 5.60. The minimum Gasteiger partial charge on any atom is -0.330 e. The number of hydrogen-bond acceptors (Lipinski definition) is 3. The molecule has 2 aromatic rings. The molecule has 100 valence electrons. The van der Waals surface area contributed by atoms with Gasteiger partial charge in [0.05, 0.1) is 5.69 Å². The Hall–Kier alpha value is -1.81. The van der Waals surface area contributed by atoms with Crippen molar-refractivity contribution in [1.29, 1.82) is 0 Å². The Morgan fingerprint density at radius 2 is 1.95 bits per heavy atom. The van der Waals surface area contributed by atoms with E-state index in [1.807, 2.05) is 19.9 Å². The van der Waals surface area contributed by atoms with E-state index in [9.17, 15) is 4.39 Å². The number of nitrogens with zero attached hydrogens (tertiary/aromatic N) is 2. The zero-order chi connectivity index (χ0) is 14.0. The molecular weight excluding hydrogens is 241 g/mol. The maximum atomic E-state index is 13.3. The first-order valence-electron chi connectivity index (χ1n) is 6.33. The number of rotatable bonds is 3. The molecule has 0 fully saturated rings. The fourth-order valence-corrected chi connectivity index (χ4v) is 1.87. The van der Waals surface area contributed by atoms with Crippen molar-refractivity contribution < 1.29 is 4.39 Å². The standard InChI is InChI=1S/C15H18FN3/c1-9-6-12(4-5-13(9)16)14-7-11(3)18-15(19-14)10(2)8-17/h4-7,10H,8,17H2,1-3H3. The predicted octanol–water partition coefficient (Wildman–Crippen LogP) is 2.96. The molecule has 1 aromatic carbocycles. The van der Waals surface area contributed by atoms with Gasteiger partial charge in [0.2, 0.25) is 0 Å². The van der Waals surface area contributed by atoms with Gasteiger partial charge in [-0.05, 0) is 43.7 Å². The SMILES string of the molecule is Cc1cc(-c2ccc(F)c(C)c2)nc(C(C)CN)n1. The van der Waals surface area contributed by atoms with Crippen molar-refractivity contribution in [2.45, 2.75) is 26.7 Å². The van der Waals surface area contributed by atoms with Crippen LogP contribution in [0.1, 0.15) is 29.9 Å². The van der Waals surface area contributed by atoms with Crippen LogP contribution in [-0.2, 0) is 0 Å². The van der Waals surface area contributed by atoms with Gasteiger partial charge in [-0.1, -0.05) is 6.92 Å². The highest BCUT2D eigenvalue weighted by Gasteiger charge is 2.11. The van der Waals surface area contributed by atoms with Crippen LogP contribution in [0.25, 0.3) is 11.3 Å². The van der Waals surface area contributed by atoms with Gasteiger partial charge in [-0.2, -0.15) is 0 Å². The van der Waals surface area contributed by atoms with Crippen LogP contribution in [0.4, 0.5) is 4.39 Å². The number of hydrogen-bond donors (Lipinski definition) is 1. The first-order valence-corrected chi connectivity index (χ1v) is 6.33. The zero-order valence-electron chi connectivity index (χ0n) is 11.4. The van der Waals surface area contributed by atoms with Crippen LogP contribution in [0.15, 0.2) is 24.3 Å². The first-order chi connectivity index (χ1) is 9.01. The lowest BCUT2D eigenvalue weighted by Crippen LogP contribution is -2.13. The molecule has 1 aromatic heterocycles. The van der Waals surface area contributed by atoms with Crippen molar-refractivity contribution in [2.75, 3.05) is 6.54 Å². The number of aryl methyl sites for hydroxylation is 2. The molecule has 1 unspecified atom stereocenters. The lowest BCUT2D eigenvalue weighted by atomic mass is 10.1. The van der Waals surface area contributed by atoms with Crippen molar-refractivity contribution in [3.63, 3.8) is 0 Å². The topological polar surface area (TPSA) is 51.8 Å². The van der Waals surface area contributed by atoms with E-state index in [0.29, 0.717) is 12.1 Å². The van der Waals surface area contributed by atoms with Crippen LogP contribution < -0.4 is 5.73 Å². The van der Waals surface area contributed by atoms with Gasteiger partial charge in [0.1, 0.15) is 11.6 Å². The van der Waals surface area contributed by atoms with Crippen molar-refractivity contribution >= 4 is 0 Å². The highest BCUT2D eigenvalue weighted by Crippen LogP contribution is 2.22. The van der Waals surface area contributed by atoms with Crippen LogP contribution in [0.3, 0.4) is 0 Å². The van der Waals surface area contributed by atoms with Gasteiger partial charge in [0, 0.05) is 23.7 Å². The molecule has 4 heteroatoms. The average molecular weight is 259 g/mol. The summed E-state index contributed by atoms with van der Waals surface area (Å²) in [6.07, 6.45) is 0. The summed E-state index contributed by atoms with van der Waals surface area (Å²) < 4.78 is 13.3. The van der Waals surface area contributed by atoms with Gasteiger partial charge in [-0.3, -0.25) is 0 Å². The minimum absolute atomic E-state index is 0.111. The summed E-state index contributed by atoms with van der Waals surface area (Å²) in [6, 6.07) is 6.91. The highest BCUT2D eigenvalue weighted by atomic mass is 19.1. The summed E-state index contributed by atoms with van der Waals surface area (Å²) in [5.41, 5.74) is 8.87. The van der Waals surface area contributed by atoms with E-state index in [1.165, 1.54) is 6.07 Å². The summed E-state index contributed by atoms with van der Waals surface area (Å²) in [6.45, 7) is 6.17. The summed E-state index contributed by atoms with van der Waals surface area (Å²) in [7, 11) is 0. The van der Waals surface area contributed by atoms with E-state index < -0.39 is 0 Å². The molecule has 0 radical (unpaired) electrons. The smallest absolute Gasteiger partial charge is 0.133 e. The maximum absolute atomic E-state index is 13.3. The number of halogens is 1. The quantitative estimate of drug-likeness (QED) is 0.922. The Morgan fingerprint density at radius 3 is 2.58 bits per heavy atom. The second-order valence-electron chi connectivity index (χ2n) is 4.85. The molecule has 0 spiro atoms. The Balaban J connectivity index is 2.49. The third kappa shape index (κ3) is 2.96. The second-order valence-corrected chi connectivity index (χ2v) is 4.85. The van der Waals surface area contributed by atoms with Crippen LogP contribution >= 0.6 is 0 Å². The summed E-state index contributed by atoms with van der Waals surface area (Å²) in [5, 5.41) is 0. The second kappa shape index (κ2) is 5.45. The lowest BCUT2D eigenvalue weighted by molar-refractivity contribution is 0.618. The normalized spacial score (nSPS) is 12.5. The molecule has 0 aliphatic carbocycles. The van der Waals surface area contributed by atoms with Crippen LogP contribution in [0.5, 0.6) is 0 Å². The fourth-order valence-electron chi connectivity index (χ4n) is 1.87. The Morgan fingerprint density at radius 1 is 1.21 bits per heavy atom. The largest absolute Gasteiger partial charge is 0.330 e. The number of nitrogens with two attached hydrogens (primary N) is 1. The third-order valence-corrected chi connectivity index (χ3v) is 3.12. The molecule has 1 heterocycles. The van der Waals surface area contributed by atoms with Gasteiger partial charge in [0.25, 0.3) is 0 Å². The van der Waals surface area contributed by atoms with E-state index in [2.05, 4.69) is 9.97 Å². The molecule has 0 aliphatic rings. The van der Waals surface area contributed by atoms with Gasteiger partial charge in [-0.15, -0.1) is 0 Å². The van der Waals surface area contributed by atoms with Gasteiger partial charge < -0.3 is 5.73 Å². The monoisotopic (exact) mass is 259 g/mol. The minimum atomic E-state index is -0.204.